The third-order valence-corrected chi connectivity index (χ3v) is 4.22. The van der Waals surface area contributed by atoms with Gasteiger partial charge in [-0.25, -0.2) is 9.97 Å². The molecule has 0 amide bonds. The molecular formula is C19H12N4O. The molecule has 2 aromatic carbocycles. The van der Waals surface area contributed by atoms with Crippen LogP contribution in [0.15, 0.2) is 54.9 Å². The Bertz CT molecular complexity index is 1250. The number of pyridine rings is 2. The summed E-state index contributed by atoms with van der Waals surface area (Å²) in [7, 11) is 1.65. The summed E-state index contributed by atoms with van der Waals surface area (Å²) in [6.45, 7) is 0. The summed E-state index contributed by atoms with van der Waals surface area (Å²) in [6, 6.07) is 13.6. The summed E-state index contributed by atoms with van der Waals surface area (Å²) in [5, 5.41) is 1.92. The average Bonchev–Trinajstić information content (AvgIpc) is 2.66. The van der Waals surface area contributed by atoms with Crippen LogP contribution in [0.4, 0.5) is 0 Å². The third-order valence-electron chi connectivity index (χ3n) is 4.22. The van der Waals surface area contributed by atoms with Gasteiger partial charge in [-0.2, -0.15) is 0 Å². The first-order valence-electron chi connectivity index (χ1n) is 7.62. The number of aromatic nitrogens is 4. The first-order chi connectivity index (χ1) is 11.8. The lowest BCUT2D eigenvalue weighted by molar-refractivity contribution is 0.415. The lowest BCUT2D eigenvalue weighted by atomic mass is 10.1. The second-order valence-corrected chi connectivity index (χ2v) is 5.57. The predicted molar refractivity (Wildman–Crippen MR) is 94.2 cm³/mol. The predicted octanol–water partition coefficient (Wildman–Crippen LogP) is 3.89. The summed E-state index contributed by atoms with van der Waals surface area (Å²) in [4.78, 5) is 18.7. The van der Waals surface area contributed by atoms with E-state index in [2.05, 4.69) is 9.97 Å². The molecule has 0 bridgehead atoms. The van der Waals surface area contributed by atoms with Gasteiger partial charge in [-0.1, -0.05) is 0 Å². The molecule has 5 aromatic rings. The number of nitrogens with zero attached hydrogens (tertiary/aromatic N) is 4. The lowest BCUT2D eigenvalue weighted by Crippen LogP contribution is -1.94. The molecule has 0 spiro atoms. The van der Waals surface area contributed by atoms with E-state index in [1.807, 2.05) is 42.5 Å². The molecular weight excluding hydrogens is 300 g/mol. The van der Waals surface area contributed by atoms with Crippen LogP contribution < -0.4 is 4.74 Å². The Hall–Kier alpha value is -3.34. The number of ether oxygens (including phenoxy) is 1. The zero-order chi connectivity index (χ0) is 16.1. The molecule has 0 aliphatic carbocycles. The van der Waals surface area contributed by atoms with E-state index < -0.39 is 0 Å². The number of methoxy groups -OCH3 is 1. The fraction of sp³-hybridized carbons (Fsp3) is 0.0526. The molecule has 0 atom stereocenters. The summed E-state index contributed by atoms with van der Waals surface area (Å²) in [5.41, 5.74) is 5.00. The summed E-state index contributed by atoms with van der Waals surface area (Å²) in [6.07, 6.45) is 3.56. The minimum atomic E-state index is 0.765. The largest absolute Gasteiger partial charge is 0.497 e. The number of fused-ring (bicyclic) bond motifs is 7. The van der Waals surface area contributed by atoms with Gasteiger partial charge in [0.25, 0.3) is 0 Å². The van der Waals surface area contributed by atoms with E-state index in [1.165, 1.54) is 0 Å². The van der Waals surface area contributed by atoms with Gasteiger partial charge >= 0.3 is 0 Å². The molecule has 114 valence electrons. The van der Waals surface area contributed by atoms with Gasteiger partial charge in [-0.05, 0) is 36.4 Å². The van der Waals surface area contributed by atoms with E-state index in [-0.39, 0.29) is 0 Å². The van der Waals surface area contributed by atoms with Gasteiger partial charge < -0.3 is 4.74 Å². The maximum Gasteiger partial charge on any atom is 0.121 e. The molecule has 5 rings (SSSR count). The fourth-order valence-corrected chi connectivity index (χ4v) is 3.11. The monoisotopic (exact) mass is 312 g/mol. The SMILES string of the molecule is COc1ccc2nc3c4cccnc4c4ncccc4c3nc2c1. The van der Waals surface area contributed by atoms with E-state index in [9.17, 15) is 0 Å². The molecule has 0 saturated heterocycles. The van der Waals surface area contributed by atoms with E-state index in [0.29, 0.717) is 0 Å². The fourth-order valence-electron chi connectivity index (χ4n) is 3.11. The van der Waals surface area contributed by atoms with Gasteiger partial charge in [0.15, 0.2) is 0 Å². The Morgan fingerprint density at radius 3 is 1.96 bits per heavy atom. The number of rotatable bonds is 1. The molecule has 0 N–H and O–H groups in total. The second-order valence-electron chi connectivity index (χ2n) is 5.57. The van der Waals surface area contributed by atoms with Crippen molar-refractivity contribution in [1.82, 2.24) is 19.9 Å². The first kappa shape index (κ1) is 13.1. The quantitative estimate of drug-likeness (QED) is 0.347. The molecule has 5 heteroatoms. The van der Waals surface area contributed by atoms with Crippen molar-refractivity contribution in [2.45, 2.75) is 0 Å². The topological polar surface area (TPSA) is 60.8 Å². The van der Waals surface area contributed by atoms with Gasteiger partial charge in [0.05, 0.1) is 40.2 Å². The highest BCUT2D eigenvalue weighted by Gasteiger charge is 2.13. The van der Waals surface area contributed by atoms with Crippen LogP contribution in [0.25, 0.3) is 43.9 Å². The van der Waals surface area contributed by atoms with Crippen molar-refractivity contribution in [1.29, 1.82) is 0 Å². The molecule has 3 heterocycles. The van der Waals surface area contributed by atoms with Crippen molar-refractivity contribution in [3.8, 4) is 5.75 Å². The van der Waals surface area contributed by atoms with Crippen molar-refractivity contribution >= 4 is 43.9 Å². The van der Waals surface area contributed by atoms with Gasteiger partial charge in [0.1, 0.15) is 5.75 Å². The van der Waals surface area contributed by atoms with Crippen molar-refractivity contribution in [3.63, 3.8) is 0 Å². The zero-order valence-corrected chi connectivity index (χ0v) is 12.9. The van der Waals surface area contributed by atoms with Crippen LogP contribution in [0.2, 0.25) is 0 Å². The number of benzene rings is 2. The Morgan fingerprint density at radius 1 is 0.708 bits per heavy atom. The van der Waals surface area contributed by atoms with E-state index in [1.54, 1.807) is 19.5 Å². The van der Waals surface area contributed by atoms with E-state index in [0.717, 1.165) is 49.6 Å². The molecule has 0 unspecified atom stereocenters. The molecule has 5 nitrogen and oxygen atoms in total. The Labute approximate surface area is 137 Å². The highest BCUT2D eigenvalue weighted by atomic mass is 16.5. The smallest absolute Gasteiger partial charge is 0.121 e. The van der Waals surface area contributed by atoms with Crippen molar-refractivity contribution in [2.75, 3.05) is 7.11 Å². The normalized spacial score (nSPS) is 11.5. The average molecular weight is 312 g/mol. The van der Waals surface area contributed by atoms with E-state index >= 15 is 0 Å². The van der Waals surface area contributed by atoms with Crippen LogP contribution in [0.1, 0.15) is 0 Å². The Kier molecular flexibility index (Phi) is 2.64. The Balaban J connectivity index is 2.07. The summed E-state index contributed by atoms with van der Waals surface area (Å²) in [5.74, 6) is 0.765. The maximum atomic E-state index is 5.30. The van der Waals surface area contributed by atoms with Crippen molar-refractivity contribution < 1.29 is 4.74 Å². The van der Waals surface area contributed by atoms with Gasteiger partial charge in [0, 0.05) is 29.2 Å². The Morgan fingerprint density at radius 2 is 1.33 bits per heavy atom. The highest BCUT2D eigenvalue weighted by Crippen LogP contribution is 2.32. The minimum absolute atomic E-state index is 0.765. The lowest BCUT2D eigenvalue weighted by Gasteiger charge is -2.09. The first-order valence-corrected chi connectivity index (χ1v) is 7.62. The minimum Gasteiger partial charge on any atom is -0.497 e. The molecule has 0 aliphatic rings. The van der Waals surface area contributed by atoms with Crippen molar-refractivity contribution in [2.24, 2.45) is 0 Å². The molecule has 3 aromatic heterocycles. The molecule has 0 fully saturated rings. The summed E-state index contributed by atoms with van der Waals surface area (Å²) >= 11 is 0. The summed E-state index contributed by atoms with van der Waals surface area (Å²) < 4.78 is 5.30. The van der Waals surface area contributed by atoms with Crippen LogP contribution >= 0.6 is 0 Å². The highest BCUT2D eigenvalue weighted by molar-refractivity contribution is 6.21. The molecule has 0 aliphatic heterocycles. The van der Waals surface area contributed by atoms with Gasteiger partial charge in [-0.15, -0.1) is 0 Å². The van der Waals surface area contributed by atoms with Gasteiger partial charge in [-0.3, -0.25) is 9.97 Å². The molecule has 0 saturated carbocycles. The third kappa shape index (κ3) is 1.75. The number of hydrogen-bond acceptors (Lipinski definition) is 5. The van der Waals surface area contributed by atoms with E-state index in [4.69, 9.17) is 14.7 Å². The maximum absolute atomic E-state index is 5.30. The standard InChI is InChI=1S/C19H12N4O/c1-24-11-6-7-14-15(10-11)23-19-13-5-3-9-21-17(13)16-12(18(19)22-14)4-2-8-20-16/h2-10H,1H3. The second kappa shape index (κ2) is 4.83. The van der Waals surface area contributed by atoms with Crippen LogP contribution in [-0.2, 0) is 0 Å². The number of hydrogen-bond donors (Lipinski definition) is 0. The molecule has 0 radical (unpaired) electrons. The van der Waals surface area contributed by atoms with Crippen molar-refractivity contribution in [3.05, 3.63) is 54.9 Å². The van der Waals surface area contributed by atoms with Gasteiger partial charge in [0.2, 0.25) is 0 Å². The van der Waals surface area contributed by atoms with Crippen LogP contribution in [0.5, 0.6) is 5.75 Å². The van der Waals surface area contributed by atoms with Crippen LogP contribution in [0, 0.1) is 0 Å². The molecule has 24 heavy (non-hydrogen) atoms. The van der Waals surface area contributed by atoms with Crippen LogP contribution in [-0.4, -0.2) is 27.0 Å². The van der Waals surface area contributed by atoms with Crippen LogP contribution in [0.3, 0.4) is 0 Å². The zero-order valence-electron chi connectivity index (χ0n) is 12.9.